The predicted octanol–water partition coefficient (Wildman–Crippen LogP) is 3.76. The molecule has 1 amide bonds. The Kier molecular flexibility index (Phi) is 8.29. The normalized spacial score (nSPS) is 15.2. The second-order valence-corrected chi connectivity index (χ2v) is 9.00. The molecule has 4 rings (SSSR count). The number of anilines is 2. The molecular weight excluding hydrogens is 531 g/mol. The largest absolute Gasteiger partial charge is 0.454 e. The van der Waals surface area contributed by atoms with Gasteiger partial charge in [-0.15, -0.1) is 0 Å². The van der Waals surface area contributed by atoms with Crippen molar-refractivity contribution in [3.05, 3.63) is 47.3 Å². The van der Waals surface area contributed by atoms with Gasteiger partial charge >= 0.3 is 6.18 Å². The summed E-state index contributed by atoms with van der Waals surface area (Å²) in [6, 6.07) is 2.56. The molecule has 1 aliphatic heterocycles. The lowest BCUT2D eigenvalue weighted by atomic mass is 10.1. The van der Waals surface area contributed by atoms with Gasteiger partial charge in [-0.3, -0.25) is 9.48 Å². The number of aryl methyl sites for hydroxylation is 1. The highest BCUT2D eigenvalue weighted by Crippen LogP contribution is 2.36. The van der Waals surface area contributed by atoms with E-state index < -0.39 is 17.9 Å². The van der Waals surface area contributed by atoms with Gasteiger partial charge in [0.25, 0.3) is 0 Å². The first-order chi connectivity index (χ1) is 19.0. The molecule has 15 heteroatoms. The summed E-state index contributed by atoms with van der Waals surface area (Å²) in [5.41, 5.74) is 5.50. The third-order valence-electron chi connectivity index (χ3n) is 6.03. The molecule has 1 saturated heterocycles. The van der Waals surface area contributed by atoms with Crippen LogP contribution in [0, 0.1) is 11.3 Å². The van der Waals surface area contributed by atoms with Crippen LogP contribution >= 0.6 is 0 Å². The van der Waals surface area contributed by atoms with Crippen LogP contribution in [0.15, 0.2) is 36.0 Å². The number of nitrogens with zero attached hydrogens (tertiary/aromatic N) is 6. The number of alkyl halides is 3. The molecule has 40 heavy (non-hydrogen) atoms. The van der Waals surface area contributed by atoms with Gasteiger partial charge in [0.2, 0.25) is 11.9 Å². The van der Waals surface area contributed by atoms with Gasteiger partial charge in [-0.1, -0.05) is 6.92 Å². The van der Waals surface area contributed by atoms with E-state index in [9.17, 15) is 23.2 Å². The summed E-state index contributed by atoms with van der Waals surface area (Å²) >= 11 is 0. The molecule has 212 valence electrons. The number of amides is 1. The third-order valence-corrected chi connectivity index (χ3v) is 6.03. The van der Waals surface area contributed by atoms with Gasteiger partial charge in [0.1, 0.15) is 34.4 Å². The maximum Gasteiger partial charge on any atom is 0.433 e. The van der Waals surface area contributed by atoms with Crippen LogP contribution in [0.4, 0.5) is 24.9 Å². The number of nitrogens with one attached hydrogen (secondary N) is 2. The number of allylic oxidation sites excluding steroid dienone is 2. The van der Waals surface area contributed by atoms with Crippen molar-refractivity contribution < 1.29 is 27.4 Å². The van der Waals surface area contributed by atoms with E-state index in [0.717, 1.165) is 10.7 Å². The Balaban J connectivity index is 1.69. The summed E-state index contributed by atoms with van der Waals surface area (Å²) in [5, 5.41) is 19.4. The number of hydrogen-bond donors (Lipinski definition) is 3. The van der Waals surface area contributed by atoms with Crippen molar-refractivity contribution in [2.75, 3.05) is 18.5 Å². The molecule has 1 fully saturated rings. The fourth-order valence-electron chi connectivity index (χ4n) is 4.29. The molecule has 0 unspecified atom stereocenters. The van der Waals surface area contributed by atoms with E-state index >= 15 is 0 Å². The summed E-state index contributed by atoms with van der Waals surface area (Å²) in [4.78, 5) is 19.9. The second-order valence-electron chi connectivity index (χ2n) is 9.00. The van der Waals surface area contributed by atoms with Gasteiger partial charge in [0, 0.05) is 39.3 Å². The standard InChI is InChI=1S/C25H28F3N9O3/c1-4-5-16(10-20(30)32-14(2)38)40-18-13-31-23-22(17(18)12-29)36(3)24(34-23)33-21-11-19(25(26,27)28)37(35-21)15-6-8-39-9-7-15/h5,10-11,13,15H,4,6-9,30H2,1-3H3,(H,32,38)(H,31,33,34,35)/b16-5+,20-10+. The molecule has 0 aliphatic carbocycles. The first kappa shape index (κ1) is 28.4. The monoisotopic (exact) mass is 559 g/mol. The van der Waals surface area contributed by atoms with Crippen LogP contribution < -0.4 is 21.1 Å². The first-order valence-corrected chi connectivity index (χ1v) is 12.4. The van der Waals surface area contributed by atoms with Crippen LogP contribution in [0.5, 0.6) is 5.75 Å². The molecule has 0 radical (unpaired) electrons. The Hall–Kier alpha value is -4.58. The van der Waals surface area contributed by atoms with Crippen LogP contribution in [0.3, 0.4) is 0 Å². The fourth-order valence-corrected chi connectivity index (χ4v) is 4.29. The molecular formula is C25H28F3N9O3. The van der Waals surface area contributed by atoms with Crippen molar-refractivity contribution in [3.8, 4) is 11.8 Å². The van der Waals surface area contributed by atoms with E-state index in [1.807, 2.05) is 6.92 Å². The zero-order valence-electron chi connectivity index (χ0n) is 22.0. The highest BCUT2D eigenvalue weighted by atomic mass is 19.4. The van der Waals surface area contributed by atoms with Gasteiger partial charge in [0.15, 0.2) is 17.2 Å². The van der Waals surface area contributed by atoms with Crippen molar-refractivity contribution in [3.63, 3.8) is 0 Å². The number of fused-ring (bicyclic) bond motifs is 1. The van der Waals surface area contributed by atoms with Crippen molar-refractivity contribution in [2.24, 2.45) is 12.8 Å². The zero-order valence-corrected chi connectivity index (χ0v) is 22.0. The van der Waals surface area contributed by atoms with Gasteiger partial charge in [-0.2, -0.15) is 28.5 Å². The average Bonchev–Trinajstić information content (AvgIpc) is 3.46. The number of pyridine rings is 1. The summed E-state index contributed by atoms with van der Waals surface area (Å²) in [6.07, 6.45) is 1.19. The lowest BCUT2D eigenvalue weighted by Crippen LogP contribution is -2.25. The summed E-state index contributed by atoms with van der Waals surface area (Å²) in [6.45, 7) is 3.88. The van der Waals surface area contributed by atoms with E-state index in [2.05, 4.69) is 31.8 Å². The van der Waals surface area contributed by atoms with Crippen molar-refractivity contribution in [2.45, 2.75) is 45.3 Å². The van der Waals surface area contributed by atoms with Crippen molar-refractivity contribution in [1.82, 2.24) is 29.6 Å². The molecule has 0 saturated carbocycles. The minimum Gasteiger partial charge on any atom is -0.454 e. The molecule has 0 aromatic carbocycles. The highest BCUT2D eigenvalue weighted by molar-refractivity contribution is 5.84. The van der Waals surface area contributed by atoms with Crippen LogP contribution in [-0.2, 0) is 22.8 Å². The van der Waals surface area contributed by atoms with Crippen LogP contribution in [-0.4, -0.2) is 43.4 Å². The average molecular weight is 560 g/mol. The zero-order chi connectivity index (χ0) is 29.0. The van der Waals surface area contributed by atoms with Gasteiger partial charge < -0.3 is 30.4 Å². The number of carbonyl (C=O) groups excluding carboxylic acids is 1. The minimum atomic E-state index is -4.61. The molecule has 3 aromatic rings. The maximum absolute atomic E-state index is 13.8. The third kappa shape index (κ3) is 6.18. The number of rotatable bonds is 8. The molecule has 3 aromatic heterocycles. The Morgan fingerprint density at radius 1 is 1.38 bits per heavy atom. The molecule has 4 N–H and O–H groups in total. The highest BCUT2D eigenvalue weighted by Gasteiger charge is 2.38. The molecule has 0 atom stereocenters. The Bertz CT molecular complexity index is 1510. The summed E-state index contributed by atoms with van der Waals surface area (Å²) in [5.74, 6) is 0.120. The Labute approximate surface area is 227 Å². The van der Waals surface area contributed by atoms with E-state index in [4.69, 9.17) is 15.2 Å². The number of hydrogen-bond acceptors (Lipinski definition) is 9. The van der Waals surface area contributed by atoms with E-state index in [0.29, 0.717) is 32.5 Å². The number of ether oxygens (including phenoxy) is 2. The van der Waals surface area contributed by atoms with Gasteiger partial charge in [0.05, 0.1) is 12.2 Å². The maximum atomic E-state index is 13.8. The molecule has 1 aliphatic rings. The van der Waals surface area contributed by atoms with Gasteiger partial charge in [-0.25, -0.2) is 4.98 Å². The van der Waals surface area contributed by atoms with Crippen molar-refractivity contribution >= 4 is 28.8 Å². The Morgan fingerprint density at radius 3 is 2.73 bits per heavy atom. The van der Waals surface area contributed by atoms with E-state index in [1.54, 1.807) is 13.1 Å². The molecule has 0 spiro atoms. The number of nitriles is 1. The number of carbonyl (C=O) groups is 1. The quantitative estimate of drug-likeness (QED) is 0.276. The van der Waals surface area contributed by atoms with E-state index in [-0.39, 0.29) is 51.7 Å². The number of aromatic nitrogens is 5. The minimum absolute atomic E-state index is 0.0465. The van der Waals surface area contributed by atoms with Gasteiger partial charge in [-0.05, 0) is 25.3 Å². The number of imidazole rings is 1. The summed E-state index contributed by atoms with van der Waals surface area (Å²) < 4.78 is 55.1. The topological polar surface area (TPSA) is 158 Å². The molecule has 12 nitrogen and oxygen atoms in total. The van der Waals surface area contributed by atoms with E-state index in [1.165, 1.54) is 23.8 Å². The lowest BCUT2D eigenvalue weighted by Gasteiger charge is -2.24. The van der Waals surface area contributed by atoms with Crippen molar-refractivity contribution in [1.29, 1.82) is 5.26 Å². The first-order valence-electron chi connectivity index (χ1n) is 12.4. The molecule has 4 heterocycles. The smallest absolute Gasteiger partial charge is 0.433 e. The second kappa shape index (κ2) is 11.7. The number of nitrogens with two attached hydrogens (primary N) is 1. The SMILES string of the molecule is CC/C=C(\C=C(/N)NC(C)=O)Oc1cnc2nc(Nc3cc(C(F)(F)F)n(C4CCOCC4)n3)n(C)c2c1C#N. The predicted molar refractivity (Wildman–Crippen MR) is 138 cm³/mol. The van der Waals surface area contributed by atoms with Crippen LogP contribution in [0.25, 0.3) is 11.2 Å². The Morgan fingerprint density at radius 2 is 2.10 bits per heavy atom. The fraction of sp³-hybridized carbons (Fsp3) is 0.400. The number of halogens is 3. The lowest BCUT2D eigenvalue weighted by molar-refractivity contribution is -0.145. The van der Waals surface area contributed by atoms with Crippen LogP contribution in [0.2, 0.25) is 0 Å². The molecule has 0 bridgehead atoms. The van der Waals surface area contributed by atoms with Crippen LogP contribution in [0.1, 0.15) is 50.4 Å². The summed E-state index contributed by atoms with van der Waals surface area (Å²) in [7, 11) is 1.58.